The third-order valence-electron chi connectivity index (χ3n) is 4.87. The van der Waals surface area contributed by atoms with Crippen molar-refractivity contribution >= 4 is 23.3 Å². The van der Waals surface area contributed by atoms with Crippen LogP contribution in [0.3, 0.4) is 0 Å². The van der Waals surface area contributed by atoms with E-state index in [1.54, 1.807) is 37.3 Å². The Morgan fingerprint density at radius 3 is 2.52 bits per heavy atom. The van der Waals surface area contributed by atoms with Crippen molar-refractivity contribution < 1.29 is 19.1 Å². The minimum atomic E-state index is -0.778. The van der Waals surface area contributed by atoms with Crippen molar-refractivity contribution in [2.45, 2.75) is 19.5 Å². The number of hydrogen-bond acceptors (Lipinski definition) is 4. The van der Waals surface area contributed by atoms with E-state index < -0.39 is 23.5 Å². The SMILES string of the molecule is Cc1ccc(C(=O)C2=C(O)C(=O)N(Cc3ccccc3)C2c2cccc(Cl)c2)o1. The molecular weight excluding hydrogens is 390 g/mol. The molecule has 4 rings (SSSR count). The molecule has 2 heterocycles. The fraction of sp³-hybridized carbons (Fsp3) is 0.130. The molecule has 0 saturated heterocycles. The first-order valence-electron chi connectivity index (χ1n) is 9.10. The third-order valence-corrected chi connectivity index (χ3v) is 5.11. The van der Waals surface area contributed by atoms with Crippen LogP contribution in [0.2, 0.25) is 5.02 Å². The smallest absolute Gasteiger partial charge is 0.290 e. The molecule has 1 aromatic heterocycles. The number of ketones is 1. The summed E-state index contributed by atoms with van der Waals surface area (Å²) in [4.78, 5) is 27.6. The topological polar surface area (TPSA) is 70.8 Å². The summed E-state index contributed by atoms with van der Waals surface area (Å²) in [5.74, 6) is -1.05. The summed E-state index contributed by atoms with van der Waals surface area (Å²) < 4.78 is 5.45. The van der Waals surface area contributed by atoms with Gasteiger partial charge in [-0.25, -0.2) is 0 Å². The van der Waals surface area contributed by atoms with Crippen LogP contribution in [0.15, 0.2) is 82.5 Å². The van der Waals surface area contributed by atoms with E-state index in [-0.39, 0.29) is 17.9 Å². The summed E-state index contributed by atoms with van der Waals surface area (Å²) in [6.45, 7) is 1.95. The summed E-state index contributed by atoms with van der Waals surface area (Å²) in [6.07, 6.45) is 0. The number of aliphatic hydroxyl groups excluding tert-OH is 1. The van der Waals surface area contributed by atoms with Crippen molar-refractivity contribution in [1.29, 1.82) is 0 Å². The van der Waals surface area contributed by atoms with Crippen LogP contribution in [0, 0.1) is 6.92 Å². The molecule has 1 aliphatic rings. The molecular formula is C23H18ClNO4. The maximum Gasteiger partial charge on any atom is 0.290 e. The molecule has 1 amide bonds. The number of Topliss-reactive ketones (excluding diaryl/α,β-unsaturated/α-hetero) is 1. The van der Waals surface area contributed by atoms with Crippen LogP contribution in [0.25, 0.3) is 0 Å². The molecule has 1 aliphatic heterocycles. The first-order chi connectivity index (χ1) is 14.0. The molecule has 146 valence electrons. The molecule has 0 saturated carbocycles. The minimum Gasteiger partial charge on any atom is -0.503 e. The standard InChI is InChI=1S/C23H18ClNO4/c1-14-10-11-18(29-14)21(26)19-20(16-8-5-9-17(24)12-16)25(23(28)22(19)27)13-15-6-3-2-4-7-15/h2-12,20,27H,13H2,1H3. The third kappa shape index (κ3) is 3.57. The number of nitrogens with zero attached hydrogens (tertiary/aromatic N) is 1. The number of furan rings is 1. The normalized spacial score (nSPS) is 16.6. The van der Waals surface area contributed by atoms with Gasteiger partial charge in [0, 0.05) is 11.6 Å². The van der Waals surface area contributed by atoms with Gasteiger partial charge in [0.25, 0.3) is 5.91 Å². The molecule has 1 atom stereocenters. The molecule has 0 radical (unpaired) electrons. The highest BCUT2D eigenvalue weighted by Gasteiger charge is 2.44. The van der Waals surface area contributed by atoms with Crippen molar-refractivity contribution in [3.8, 4) is 0 Å². The van der Waals surface area contributed by atoms with E-state index in [0.717, 1.165) is 5.56 Å². The van der Waals surface area contributed by atoms with E-state index in [0.29, 0.717) is 16.3 Å². The van der Waals surface area contributed by atoms with Crippen LogP contribution in [0.5, 0.6) is 0 Å². The zero-order valence-corrected chi connectivity index (χ0v) is 16.4. The predicted molar refractivity (Wildman–Crippen MR) is 109 cm³/mol. The summed E-state index contributed by atoms with van der Waals surface area (Å²) in [5, 5.41) is 11.1. The minimum absolute atomic E-state index is 0.0115. The zero-order chi connectivity index (χ0) is 20.5. The molecule has 0 spiro atoms. The predicted octanol–water partition coefficient (Wildman–Crippen LogP) is 5.02. The molecule has 6 heteroatoms. The lowest BCUT2D eigenvalue weighted by Gasteiger charge is -2.27. The van der Waals surface area contributed by atoms with Gasteiger partial charge in [0.05, 0.1) is 11.6 Å². The molecule has 1 N–H and O–H groups in total. The van der Waals surface area contributed by atoms with Crippen molar-refractivity contribution in [2.24, 2.45) is 0 Å². The maximum absolute atomic E-state index is 13.2. The highest BCUT2D eigenvalue weighted by atomic mass is 35.5. The average Bonchev–Trinajstić information content (AvgIpc) is 3.25. The van der Waals surface area contributed by atoms with Gasteiger partial charge in [-0.2, -0.15) is 0 Å². The zero-order valence-electron chi connectivity index (χ0n) is 15.6. The molecule has 0 fully saturated rings. The van der Waals surface area contributed by atoms with E-state index in [4.69, 9.17) is 16.0 Å². The van der Waals surface area contributed by atoms with Gasteiger partial charge in [0.2, 0.25) is 5.78 Å². The monoisotopic (exact) mass is 407 g/mol. The fourth-order valence-corrected chi connectivity index (χ4v) is 3.74. The van der Waals surface area contributed by atoms with Crippen LogP contribution < -0.4 is 0 Å². The second-order valence-corrected chi connectivity index (χ2v) is 7.31. The van der Waals surface area contributed by atoms with Crippen molar-refractivity contribution in [2.75, 3.05) is 0 Å². The van der Waals surface area contributed by atoms with Gasteiger partial charge < -0.3 is 14.4 Å². The second kappa shape index (κ2) is 7.60. The Balaban J connectivity index is 1.81. The van der Waals surface area contributed by atoms with E-state index in [2.05, 4.69) is 0 Å². The number of aliphatic hydroxyl groups is 1. The lowest BCUT2D eigenvalue weighted by molar-refractivity contribution is -0.130. The highest BCUT2D eigenvalue weighted by Crippen LogP contribution is 2.40. The van der Waals surface area contributed by atoms with Crippen LogP contribution in [0.4, 0.5) is 0 Å². The largest absolute Gasteiger partial charge is 0.503 e. The summed E-state index contributed by atoms with van der Waals surface area (Å²) in [7, 11) is 0. The molecule has 2 aromatic carbocycles. The van der Waals surface area contributed by atoms with Crippen molar-refractivity contribution in [1.82, 2.24) is 4.90 Å². The lowest BCUT2D eigenvalue weighted by Crippen LogP contribution is -2.30. The van der Waals surface area contributed by atoms with Crippen LogP contribution >= 0.6 is 11.6 Å². The Bertz CT molecular complexity index is 1120. The lowest BCUT2D eigenvalue weighted by atomic mass is 9.95. The molecule has 0 aliphatic carbocycles. The van der Waals surface area contributed by atoms with Gasteiger partial charge in [0.15, 0.2) is 11.5 Å². The van der Waals surface area contributed by atoms with Crippen LogP contribution in [0.1, 0.15) is 33.5 Å². The van der Waals surface area contributed by atoms with Gasteiger partial charge >= 0.3 is 0 Å². The number of halogens is 1. The van der Waals surface area contributed by atoms with E-state index in [1.165, 1.54) is 11.0 Å². The van der Waals surface area contributed by atoms with Crippen LogP contribution in [-0.2, 0) is 11.3 Å². The molecule has 1 unspecified atom stereocenters. The molecule has 3 aromatic rings. The quantitative estimate of drug-likeness (QED) is 0.603. The van der Waals surface area contributed by atoms with Crippen LogP contribution in [-0.4, -0.2) is 21.7 Å². The van der Waals surface area contributed by atoms with Gasteiger partial charge in [-0.05, 0) is 42.3 Å². The number of hydrogen-bond donors (Lipinski definition) is 1. The average molecular weight is 408 g/mol. The highest BCUT2D eigenvalue weighted by molar-refractivity contribution is 6.30. The molecule has 5 nitrogen and oxygen atoms in total. The van der Waals surface area contributed by atoms with Gasteiger partial charge in [-0.3, -0.25) is 9.59 Å². The number of rotatable bonds is 5. The Labute approximate surface area is 172 Å². The Kier molecular flexibility index (Phi) is 4.99. The van der Waals surface area contributed by atoms with Crippen molar-refractivity contribution in [3.63, 3.8) is 0 Å². The number of benzene rings is 2. The molecule has 29 heavy (non-hydrogen) atoms. The summed E-state index contributed by atoms with van der Waals surface area (Å²) in [6, 6.07) is 18.7. The van der Waals surface area contributed by atoms with E-state index in [9.17, 15) is 14.7 Å². The Morgan fingerprint density at radius 2 is 1.86 bits per heavy atom. The number of carbonyl (C=O) groups is 2. The van der Waals surface area contributed by atoms with Gasteiger partial charge in [-0.15, -0.1) is 0 Å². The number of amides is 1. The van der Waals surface area contributed by atoms with Crippen molar-refractivity contribution in [3.05, 3.63) is 106 Å². The van der Waals surface area contributed by atoms with E-state index >= 15 is 0 Å². The van der Waals surface area contributed by atoms with E-state index in [1.807, 2.05) is 30.3 Å². The van der Waals surface area contributed by atoms with Gasteiger partial charge in [-0.1, -0.05) is 54.1 Å². The maximum atomic E-state index is 13.2. The fourth-order valence-electron chi connectivity index (χ4n) is 3.54. The first kappa shape index (κ1) is 19.0. The number of carbonyl (C=O) groups excluding carboxylic acids is 2. The summed E-state index contributed by atoms with van der Waals surface area (Å²) in [5.41, 5.74) is 1.50. The Hall–Kier alpha value is -3.31. The van der Waals surface area contributed by atoms with Gasteiger partial charge in [0.1, 0.15) is 5.76 Å². The first-order valence-corrected chi connectivity index (χ1v) is 9.48. The second-order valence-electron chi connectivity index (χ2n) is 6.88. The number of aryl methyl sites for hydroxylation is 1. The Morgan fingerprint density at radius 1 is 1.10 bits per heavy atom. The summed E-state index contributed by atoms with van der Waals surface area (Å²) >= 11 is 6.17. The molecule has 0 bridgehead atoms.